The van der Waals surface area contributed by atoms with E-state index in [9.17, 15) is 44.0 Å². The lowest BCUT2D eigenvalue weighted by molar-refractivity contribution is -0.144. The molecule has 0 bridgehead atoms. The Morgan fingerprint density at radius 1 is 0.792 bits per heavy atom. The van der Waals surface area contributed by atoms with Crippen molar-refractivity contribution in [3.63, 3.8) is 0 Å². The van der Waals surface area contributed by atoms with Crippen molar-refractivity contribution >= 4 is 58.3 Å². The van der Waals surface area contributed by atoms with Gasteiger partial charge in [0.25, 0.3) is 0 Å². The molecule has 5 N–H and O–H groups in total. The number of carboxylic acid groups (broad SMARTS) is 4. The lowest BCUT2D eigenvalue weighted by Crippen LogP contribution is -2.48. The molecule has 4 aromatic rings. The number of halogens is 2. The van der Waals surface area contributed by atoms with Crippen molar-refractivity contribution in [1.82, 2.24) is 20.2 Å². The van der Waals surface area contributed by atoms with Crippen LogP contribution in [0.1, 0.15) is 57.5 Å². The van der Waals surface area contributed by atoms with Crippen LogP contribution in [-0.2, 0) is 27.2 Å². The van der Waals surface area contributed by atoms with Crippen LogP contribution in [0.3, 0.4) is 0 Å². The van der Waals surface area contributed by atoms with Crippen LogP contribution in [0, 0.1) is 24.6 Å². The highest BCUT2D eigenvalue weighted by Crippen LogP contribution is 2.28. The molecule has 0 saturated heterocycles. The molecule has 53 heavy (non-hydrogen) atoms. The number of nitrogens with one attached hydrogen (secondary N) is 1. The molecule has 0 fully saturated rings. The van der Waals surface area contributed by atoms with Crippen LogP contribution < -0.4 is 5.32 Å². The third-order valence-electron chi connectivity index (χ3n) is 7.90. The van der Waals surface area contributed by atoms with E-state index in [1.807, 2.05) is 64.3 Å². The first-order chi connectivity index (χ1) is 24.9. The van der Waals surface area contributed by atoms with Gasteiger partial charge < -0.3 is 20.4 Å². The second kappa shape index (κ2) is 20.1. The average Bonchev–Trinajstić information content (AvgIpc) is 3.75. The summed E-state index contributed by atoms with van der Waals surface area (Å²) in [6.45, 7) is 9.63. The third kappa shape index (κ3) is 13.5. The fraction of sp³-hybridized carbons (Fsp3) is 0.405. The van der Waals surface area contributed by atoms with E-state index in [4.69, 9.17) is 11.6 Å². The molecule has 2 heterocycles. The summed E-state index contributed by atoms with van der Waals surface area (Å²) in [6.07, 6.45) is -0.200. The van der Waals surface area contributed by atoms with E-state index in [1.165, 1.54) is 40.4 Å². The monoisotopic (exact) mass is 790 g/mol. The molecule has 0 aliphatic rings. The minimum absolute atomic E-state index is 0.0210. The summed E-state index contributed by atoms with van der Waals surface area (Å²) in [5.41, 5.74) is 4.09. The second-order valence-electron chi connectivity index (χ2n) is 13.3. The van der Waals surface area contributed by atoms with Crippen LogP contribution in [0.25, 0.3) is 21.1 Å². The highest BCUT2D eigenvalue weighted by Gasteiger charge is 2.30. The summed E-state index contributed by atoms with van der Waals surface area (Å²) in [5, 5.41) is 45.3. The van der Waals surface area contributed by atoms with Crippen molar-refractivity contribution in [1.29, 1.82) is 0 Å². The summed E-state index contributed by atoms with van der Waals surface area (Å²) >= 11 is 8.56. The smallest absolute Gasteiger partial charge is 0.408 e. The van der Waals surface area contributed by atoms with E-state index >= 15 is 0 Å². The quantitative estimate of drug-likeness (QED) is 0.0701. The summed E-state index contributed by atoms with van der Waals surface area (Å²) in [5.74, 6) is -3.69. The van der Waals surface area contributed by atoms with Gasteiger partial charge in [0.05, 0.1) is 16.4 Å². The molecule has 12 nitrogen and oxygen atoms in total. The number of carbonyl (C=O) groups is 4. The highest BCUT2D eigenvalue weighted by molar-refractivity contribution is 7.13. The van der Waals surface area contributed by atoms with Crippen molar-refractivity contribution in [3.05, 3.63) is 81.0 Å². The fourth-order valence-corrected chi connectivity index (χ4v) is 7.09. The Hall–Kier alpha value is -4.44. The first kappa shape index (κ1) is 43.0. The van der Waals surface area contributed by atoms with Gasteiger partial charge in [-0.1, -0.05) is 69.1 Å². The zero-order valence-corrected chi connectivity index (χ0v) is 32.3. The molecule has 286 valence electrons. The van der Waals surface area contributed by atoms with Crippen LogP contribution in [0.2, 0.25) is 5.02 Å². The van der Waals surface area contributed by atoms with Gasteiger partial charge >= 0.3 is 24.0 Å². The minimum Gasteiger partial charge on any atom is -0.480 e. The Bertz CT molecular complexity index is 1850. The number of aromatic nitrogens is 2. The van der Waals surface area contributed by atoms with Gasteiger partial charge in [-0.2, -0.15) is 0 Å². The first-order valence-corrected chi connectivity index (χ1v) is 18.9. The molecule has 0 saturated carbocycles. The predicted molar refractivity (Wildman–Crippen MR) is 203 cm³/mol. The third-order valence-corrected chi connectivity index (χ3v) is 10.1. The Balaban J connectivity index is 0.000000286. The number of aryl methyl sites for hydroxylation is 1. The Morgan fingerprint density at radius 3 is 1.87 bits per heavy atom. The van der Waals surface area contributed by atoms with Crippen molar-refractivity contribution in [3.8, 4) is 21.1 Å². The topological polar surface area (TPSA) is 190 Å². The molecular weight excluding hydrogens is 747 g/mol. The van der Waals surface area contributed by atoms with E-state index in [0.29, 0.717) is 29.1 Å². The van der Waals surface area contributed by atoms with Crippen LogP contribution >= 0.6 is 34.3 Å². The van der Waals surface area contributed by atoms with Crippen molar-refractivity contribution < 1.29 is 44.0 Å². The predicted octanol–water partition coefficient (Wildman–Crippen LogP) is 7.83. The molecule has 0 aliphatic carbocycles. The standard InChI is InChI=1S/C19H24N2O4S.C18H20ClFN2O4S/c1-12(2)10-16(18(22)23)21(19(24)25)9-8-15-11-26-17(20-15)14-6-4-13(3)5-7-14;1-9(2)5-14(17(23)24)22-15(18(25)26)7-11-8-27-16(21-11)10-3-4-13(20)12(19)6-10/h4-7,11-12,16H,8-10H2,1-3H3,(H,22,23)(H,24,25);3-4,6,8-9,14-15,22H,5,7H2,1-2H3,(H,23,24)(H,25,26). The van der Waals surface area contributed by atoms with Crippen LogP contribution in [-0.4, -0.2) is 84.0 Å². The molecule has 2 aromatic heterocycles. The molecule has 16 heteroatoms. The lowest BCUT2D eigenvalue weighted by atomic mass is 10.0. The van der Waals surface area contributed by atoms with Crippen LogP contribution in [0.5, 0.6) is 0 Å². The molecule has 0 aliphatic heterocycles. The Labute approximate surface area is 320 Å². The zero-order valence-electron chi connectivity index (χ0n) is 30.0. The molecule has 0 radical (unpaired) electrons. The van der Waals surface area contributed by atoms with Gasteiger partial charge in [0, 0.05) is 41.3 Å². The molecule has 0 spiro atoms. The number of thiazole rings is 2. The second-order valence-corrected chi connectivity index (χ2v) is 15.4. The molecule has 2 aromatic carbocycles. The van der Waals surface area contributed by atoms with Crippen LogP contribution in [0.15, 0.2) is 53.2 Å². The van der Waals surface area contributed by atoms with Gasteiger partial charge in [0.15, 0.2) is 0 Å². The molecular formula is C37H44ClFN4O8S2. The normalized spacial score (nSPS) is 12.8. The maximum Gasteiger partial charge on any atom is 0.408 e. The summed E-state index contributed by atoms with van der Waals surface area (Å²) in [7, 11) is 0. The summed E-state index contributed by atoms with van der Waals surface area (Å²) in [6, 6.07) is 9.20. The van der Waals surface area contributed by atoms with Crippen molar-refractivity contribution in [2.75, 3.05) is 6.54 Å². The zero-order chi connectivity index (χ0) is 39.4. The average molecular weight is 791 g/mol. The number of amides is 1. The SMILES string of the molecule is CC(C)CC(NC(Cc1csc(-c2ccc(F)c(Cl)c2)n1)C(=O)O)C(=O)O.Cc1ccc(-c2nc(CCN(C(=O)O)C(CC(C)C)C(=O)O)cs2)cc1. The van der Waals surface area contributed by atoms with E-state index in [0.717, 1.165) is 21.2 Å². The van der Waals surface area contributed by atoms with Crippen LogP contribution in [0.4, 0.5) is 9.18 Å². The van der Waals surface area contributed by atoms with E-state index < -0.39 is 47.9 Å². The van der Waals surface area contributed by atoms with E-state index in [-0.39, 0.29) is 36.2 Å². The number of benzene rings is 2. The molecule has 3 atom stereocenters. The maximum atomic E-state index is 13.3. The summed E-state index contributed by atoms with van der Waals surface area (Å²) < 4.78 is 13.3. The number of carboxylic acids is 3. The Kier molecular flexibility index (Phi) is 16.3. The van der Waals surface area contributed by atoms with Gasteiger partial charge in [0.1, 0.15) is 34.0 Å². The lowest BCUT2D eigenvalue weighted by Gasteiger charge is -2.27. The van der Waals surface area contributed by atoms with Crippen molar-refractivity contribution in [2.24, 2.45) is 11.8 Å². The number of aliphatic carboxylic acids is 3. The van der Waals surface area contributed by atoms with E-state index in [2.05, 4.69) is 15.3 Å². The summed E-state index contributed by atoms with van der Waals surface area (Å²) in [4.78, 5) is 55.9. The largest absolute Gasteiger partial charge is 0.480 e. The number of hydrogen-bond acceptors (Lipinski definition) is 9. The molecule has 1 amide bonds. The number of hydrogen-bond donors (Lipinski definition) is 5. The van der Waals surface area contributed by atoms with Gasteiger partial charge in [-0.15, -0.1) is 22.7 Å². The van der Waals surface area contributed by atoms with Gasteiger partial charge in [-0.05, 0) is 49.8 Å². The number of nitrogens with zero attached hydrogens (tertiary/aromatic N) is 3. The Morgan fingerprint density at radius 2 is 1.34 bits per heavy atom. The van der Waals surface area contributed by atoms with E-state index in [1.54, 1.807) is 11.4 Å². The number of rotatable bonds is 17. The maximum absolute atomic E-state index is 13.3. The first-order valence-electron chi connectivity index (χ1n) is 16.8. The molecule has 4 rings (SSSR count). The fourth-order valence-electron chi connectivity index (χ4n) is 5.22. The molecule has 3 unspecified atom stereocenters. The van der Waals surface area contributed by atoms with Gasteiger partial charge in [0.2, 0.25) is 0 Å². The van der Waals surface area contributed by atoms with Gasteiger partial charge in [-0.3, -0.25) is 19.8 Å². The van der Waals surface area contributed by atoms with Gasteiger partial charge in [-0.25, -0.2) is 23.9 Å². The highest BCUT2D eigenvalue weighted by atomic mass is 35.5. The van der Waals surface area contributed by atoms with Crippen molar-refractivity contribution in [2.45, 2.75) is 78.4 Å². The minimum atomic E-state index is -1.22.